The van der Waals surface area contributed by atoms with E-state index in [9.17, 15) is 9.59 Å². The van der Waals surface area contributed by atoms with E-state index in [2.05, 4.69) is 12.2 Å². The third kappa shape index (κ3) is 4.53. The van der Waals surface area contributed by atoms with Crippen LogP contribution in [0.15, 0.2) is 24.3 Å². The Hall–Kier alpha value is -1.59. The Balaban J connectivity index is 2.18. The van der Waals surface area contributed by atoms with Crippen molar-refractivity contribution in [3.8, 4) is 0 Å². The van der Waals surface area contributed by atoms with E-state index in [1.54, 1.807) is 24.3 Å². The number of esters is 1. The summed E-state index contributed by atoms with van der Waals surface area (Å²) in [7, 11) is 2.83. The number of nitrogens with one attached hydrogen (secondary N) is 1. The van der Waals surface area contributed by atoms with Gasteiger partial charge in [0.1, 0.15) is 5.54 Å². The fourth-order valence-electron chi connectivity index (χ4n) is 3.49. The molecule has 1 amide bonds. The molecule has 0 spiro atoms. The molecule has 1 aliphatic carbocycles. The van der Waals surface area contributed by atoms with Crippen molar-refractivity contribution >= 4 is 23.5 Å². The molecule has 0 aliphatic heterocycles. The van der Waals surface area contributed by atoms with Crippen LogP contribution in [0.5, 0.6) is 0 Å². The zero-order valence-electron chi connectivity index (χ0n) is 15.0. The summed E-state index contributed by atoms with van der Waals surface area (Å²) in [6.45, 7) is 2.15. The zero-order chi connectivity index (χ0) is 18.4. The molecule has 1 aliphatic rings. The molecule has 5 nitrogen and oxygen atoms in total. The number of benzene rings is 1. The van der Waals surface area contributed by atoms with Crippen LogP contribution in [0.1, 0.15) is 50.7 Å². The molecule has 1 atom stereocenters. The van der Waals surface area contributed by atoms with Gasteiger partial charge in [-0.3, -0.25) is 4.79 Å². The number of methoxy groups -OCH3 is 2. The standard InChI is InChI=1S/C19H26ClNO4/c1-4-13-9-11-19(12-10-13,18(23)25-3)21-17(22)16(24-2)14-5-7-15(20)8-6-14/h5-8,13,16H,4,9-12H2,1-3H3,(H,21,22). The number of amides is 1. The number of ether oxygens (including phenoxy) is 2. The number of carbonyl (C=O) groups is 2. The molecule has 2 rings (SSSR count). The maximum absolute atomic E-state index is 12.8. The summed E-state index contributed by atoms with van der Waals surface area (Å²) in [5.41, 5.74) is -0.285. The van der Waals surface area contributed by atoms with Gasteiger partial charge in [0, 0.05) is 12.1 Å². The van der Waals surface area contributed by atoms with Gasteiger partial charge in [0.15, 0.2) is 6.10 Å². The van der Waals surface area contributed by atoms with Gasteiger partial charge in [-0.25, -0.2) is 4.79 Å². The molecule has 1 unspecified atom stereocenters. The first-order chi connectivity index (χ1) is 12.0. The first-order valence-electron chi connectivity index (χ1n) is 8.64. The highest BCUT2D eigenvalue weighted by molar-refractivity contribution is 6.30. The van der Waals surface area contributed by atoms with Crippen LogP contribution < -0.4 is 5.32 Å². The highest BCUT2D eigenvalue weighted by atomic mass is 35.5. The van der Waals surface area contributed by atoms with Crippen molar-refractivity contribution in [3.05, 3.63) is 34.9 Å². The lowest BCUT2D eigenvalue weighted by Gasteiger charge is -2.38. The summed E-state index contributed by atoms with van der Waals surface area (Å²) in [4.78, 5) is 25.2. The number of hydrogen-bond acceptors (Lipinski definition) is 4. The minimum atomic E-state index is -0.972. The molecule has 0 saturated heterocycles. The van der Waals surface area contributed by atoms with Gasteiger partial charge in [0.2, 0.25) is 0 Å². The first kappa shape index (κ1) is 19.7. The lowest BCUT2D eigenvalue weighted by Crippen LogP contribution is -2.58. The lowest BCUT2D eigenvalue weighted by atomic mass is 9.75. The molecule has 0 heterocycles. The molecule has 138 valence electrons. The molecule has 6 heteroatoms. The Morgan fingerprint density at radius 2 is 1.84 bits per heavy atom. The van der Waals surface area contributed by atoms with E-state index >= 15 is 0 Å². The summed E-state index contributed by atoms with van der Waals surface area (Å²) in [6, 6.07) is 6.90. The van der Waals surface area contributed by atoms with Gasteiger partial charge >= 0.3 is 5.97 Å². The quantitative estimate of drug-likeness (QED) is 0.779. The molecule has 1 saturated carbocycles. The Morgan fingerprint density at radius 1 is 1.24 bits per heavy atom. The predicted molar refractivity (Wildman–Crippen MR) is 96.3 cm³/mol. The Labute approximate surface area is 154 Å². The zero-order valence-corrected chi connectivity index (χ0v) is 15.8. The van der Waals surface area contributed by atoms with Crippen LogP contribution in [0.25, 0.3) is 0 Å². The summed E-state index contributed by atoms with van der Waals surface area (Å²) >= 11 is 5.90. The van der Waals surface area contributed by atoms with Crippen LogP contribution in [-0.2, 0) is 19.1 Å². The van der Waals surface area contributed by atoms with Crippen LogP contribution in [-0.4, -0.2) is 31.6 Å². The highest BCUT2D eigenvalue weighted by Crippen LogP contribution is 2.35. The molecule has 25 heavy (non-hydrogen) atoms. The molecule has 1 fully saturated rings. The third-order valence-electron chi connectivity index (χ3n) is 5.12. The maximum Gasteiger partial charge on any atom is 0.331 e. The van der Waals surface area contributed by atoms with E-state index in [0.717, 1.165) is 19.3 Å². The second-order valence-corrected chi connectivity index (χ2v) is 7.02. The van der Waals surface area contributed by atoms with Gasteiger partial charge in [-0.15, -0.1) is 0 Å². The average molecular weight is 368 g/mol. The molecule has 0 radical (unpaired) electrons. The summed E-state index contributed by atoms with van der Waals surface area (Å²) in [6.07, 6.45) is 3.23. The normalized spacial score (nSPS) is 24.4. The monoisotopic (exact) mass is 367 g/mol. The molecular formula is C19H26ClNO4. The molecular weight excluding hydrogens is 342 g/mol. The van der Waals surface area contributed by atoms with Crippen LogP contribution in [0.4, 0.5) is 0 Å². The Kier molecular flexibility index (Phi) is 6.85. The van der Waals surface area contributed by atoms with Gasteiger partial charge in [-0.2, -0.15) is 0 Å². The smallest absolute Gasteiger partial charge is 0.331 e. The van der Waals surface area contributed by atoms with E-state index in [1.807, 2.05) is 0 Å². The SMILES string of the molecule is CCC1CCC(NC(=O)C(OC)c2ccc(Cl)cc2)(C(=O)OC)CC1. The van der Waals surface area contributed by atoms with Crippen molar-refractivity contribution in [2.45, 2.75) is 50.7 Å². The molecule has 1 aromatic carbocycles. The van der Waals surface area contributed by atoms with Crippen LogP contribution in [0, 0.1) is 5.92 Å². The first-order valence-corrected chi connectivity index (χ1v) is 9.02. The van der Waals surface area contributed by atoms with Gasteiger partial charge in [-0.05, 0) is 49.3 Å². The van der Waals surface area contributed by atoms with Gasteiger partial charge in [0.05, 0.1) is 7.11 Å². The summed E-state index contributed by atoms with van der Waals surface area (Å²) < 4.78 is 10.4. The van der Waals surface area contributed by atoms with Crippen LogP contribution in [0.3, 0.4) is 0 Å². The van der Waals surface area contributed by atoms with E-state index < -0.39 is 11.6 Å². The molecule has 0 bridgehead atoms. The maximum atomic E-state index is 12.8. The lowest BCUT2D eigenvalue weighted by molar-refractivity contribution is -0.155. The van der Waals surface area contributed by atoms with Crippen molar-refractivity contribution in [3.63, 3.8) is 0 Å². The number of carbonyl (C=O) groups excluding carboxylic acids is 2. The highest BCUT2D eigenvalue weighted by Gasteiger charge is 2.44. The van der Waals surface area contributed by atoms with Crippen molar-refractivity contribution in [2.24, 2.45) is 5.92 Å². The topological polar surface area (TPSA) is 64.6 Å². The summed E-state index contributed by atoms with van der Waals surface area (Å²) in [5.74, 6) is -0.143. The van der Waals surface area contributed by atoms with E-state index in [1.165, 1.54) is 14.2 Å². The average Bonchev–Trinajstić information content (AvgIpc) is 2.63. The van der Waals surface area contributed by atoms with Crippen LogP contribution >= 0.6 is 11.6 Å². The van der Waals surface area contributed by atoms with Crippen molar-refractivity contribution in [1.29, 1.82) is 0 Å². The molecule has 1 aromatic rings. The van der Waals surface area contributed by atoms with E-state index in [-0.39, 0.29) is 11.9 Å². The van der Waals surface area contributed by atoms with Crippen molar-refractivity contribution < 1.29 is 19.1 Å². The molecule has 1 N–H and O–H groups in total. The fourth-order valence-corrected chi connectivity index (χ4v) is 3.61. The largest absolute Gasteiger partial charge is 0.467 e. The van der Waals surface area contributed by atoms with Gasteiger partial charge < -0.3 is 14.8 Å². The van der Waals surface area contributed by atoms with Gasteiger partial charge in [0.25, 0.3) is 5.91 Å². The Morgan fingerprint density at radius 3 is 2.32 bits per heavy atom. The van der Waals surface area contributed by atoms with Crippen molar-refractivity contribution in [1.82, 2.24) is 5.32 Å². The third-order valence-corrected chi connectivity index (χ3v) is 5.37. The number of halogens is 1. The van der Waals surface area contributed by atoms with E-state index in [4.69, 9.17) is 21.1 Å². The number of hydrogen-bond donors (Lipinski definition) is 1. The second-order valence-electron chi connectivity index (χ2n) is 6.58. The van der Waals surface area contributed by atoms with Crippen molar-refractivity contribution in [2.75, 3.05) is 14.2 Å². The van der Waals surface area contributed by atoms with E-state index in [0.29, 0.717) is 29.3 Å². The van der Waals surface area contributed by atoms with Gasteiger partial charge in [-0.1, -0.05) is 37.1 Å². The number of rotatable bonds is 6. The fraction of sp³-hybridized carbons (Fsp3) is 0.579. The summed E-state index contributed by atoms with van der Waals surface area (Å²) in [5, 5.41) is 3.51. The predicted octanol–water partition coefficient (Wildman–Crippen LogP) is 3.66. The Bertz CT molecular complexity index is 594. The minimum absolute atomic E-state index is 0.342. The molecule has 0 aromatic heterocycles. The minimum Gasteiger partial charge on any atom is -0.467 e. The van der Waals surface area contributed by atoms with Crippen LogP contribution in [0.2, 0.25) is 5.02 Å². The second kappa shape index (κ2) is 8.68.